The molecule has 0 unspecified atom stereocenters. The first-order chi connectivity index (χ1) is 10.6. The van der Waals surface area contributed by atoms with Crippen molar-refractivity contribution < 1.29 is 41.4 Å². The quantitative estimate of drug-likeness (QED) is 0.215. The number of halogens is 5. The van der Waals surface area contributed by atoms with Crippen molar-refractivity contribution in [3.63, 3.8) is 0 Å². The molecule has 126 valence electrons. The Morgan fingerprint density at radius 1 is 1.22 bits per heavy atom. The molecule has 0 fully saturated rings. The van der Waals surface area contributed by atoms with Crippen LogP contribution in [0.1, 0.15) is 10.4 Å². The van der Waals surface area contributed by atoms with Crippen molar-refractivity contribution >= 4 is 11.8 Å². The normalized spacial score (nSPS) is 11.6. The standard InChI is InChI=1S/C13H10F5NO4/c1-19(2)4-6(12(21)22)10(20)5-3-7(14)9(16)11(8(5)15)23-13(17)18/h3-4,13H,1-2H3,(H,21,22). The van der Waals surface area contributed by atoms with Crippen LogP contribution in [0.15, 0.2) is 17.8 Å². The Labute approximate surface area is 126 Å². The van der Waals surface area contributed by atoms with Gasteiger partial charge in [-0.25, -0.2) is 13.6 Å². The lowest BCUT2D eigenvalue weighted by Crippen LogP contribution is -2.19. The van der Waals surface area contributed by atoms with Gasteiger partial charge in [-0.2, -0.15) is 13.2 Å². The monoisotopic (exact) mass is 339 g/mol. The molecule has 0 spiro atoms. The summed E-state index contributed by atoms with van der Waals surface area (Å²) in [6.45, 7) is -3.68. The van der Waals surface area contributed by atoms with E-state index in [0.29, 0.717) is 0 Å². The van der Waals surface area contributed by atoms with E-state index in [1.165, 1.54) is 14.1 Å². The molecular weight excluding hydrogens is 329 g/mol. The molecule has 0 aliphatic carbocycles. The predicted octanol–water partition coefficient (Wildman–Crippen LogP) is 2.42. The number of carbonyl (C=O) groups excluding carboxylic acids is 1. The largest absolute Gasteiger partial charge is 0.477 e. The number of carboxylic acid groups (broad SMARTS) is 1. The summed E-state index contributed by atoms with van der Waals surface area (Å²) < 4.78 is 68.4. The minimum absolute atomic E-state index is 0.0672. The summed E-state index contributed by atoms with van der Waals surface area (Å²) >= 11 is 0. The molecule has 0 aliphatic rings. The van der Waals surface area contributed by atoms with Gasteiger partial charge in [-0.05, 0) is 6.07 Å². The zero-order valence-electron chi connectivity index (χ0n) is 11.7. The second kappa shape index (κ2) is 7.07. The van der Waals surface area contributed by atoms with Crippen LogP contribution in [0, 0.1) is 17.5 Å². The van der Waals surface area contributed by atoms with Crippen LogP contribution in [0.25, 0.3) is 0 Å². The first-order valence-electron chi connectivity index (χ1n) is 5.84. The number of aliphatic carboxylic acids is 1. The number of carbonyl (C=O) groups is 2. The van der Waals surface area contributed by atoms with Crippen LogP contribution < -0.4 is 4.74 Å². The lowest BCUT2D eigenvalue weighted by Gasteiger charge is -2.12. The lowest BCUT2D eigenvalue weighted by molar-refractivity contribution is -0.132. The third kappa shape index (κ3) is 4.18. The Kier molecular flexibility index (Phi) is 5.66. The van der Waals surface area contributed by atoms with Crippen molar-refractivity contribution in [3.05, 3.63) is 40.9 Å². The lowest BCUT2D eigenvalue weighted by atomic mass is 10.0. The average Bonchev–Trinajstić information content (AvgIpc) is 2.43. The van der Waals surface area contributed by atoms with Crippen LogP contribution >= 0.6 is 0 Å². The number of hydrogen-bond donors (Lipinski definition) is 1. The Balaban J connectivity index is 3.51. The summed E-state index contributed by atoms with van der Waals surface area (Å²) in [7, 11) is 2.70. The Morgan fingerprint density at radius 2 is 1.78 bits per heavy atom. The molecule has 1 N–H and O–H groups in total. The highest BCUT2D eigenvalue weighted by molar-refractivity contribution is 6.23. The second-order valence-corrected chi connectivity index (χ2v) is 4.38. The van der Waals surface area contributed by atoms with E-state index in [4.69, 9.17) is 5.11 Å². The van der Waals surface area contributed by atoms with Crippen molar-refractivity contribution in [2.75, 3.05) is 14.1 Å². The van der Waals surface area contributed by atoms with Crippen molar-refractivity contribution in [3.8, 4) is 5.75 Å². The molecule has 23 heavy (non-hydrogen) atoms. The first kappa shape index (κ1) is 18.4. The van der Waals surface area contributed by atoms with E-state index >= 15 is 0 Å². The molecule has 1 aromatic carbocycles. The third-order valence-electron chi connectivity index (χ3n) is 2.43. The first-order valence-corrected chi connectivity index (χ1v) is 5.84. The highest BCUT2D eigenvalue weighted by Crippen LogP contribution is 2.30. The van der Waals surface area contributed by atoms with Crippen molar-refractivity contribution in [1.82, 2.24) is 4.90 Å². The summed E-state index contributed by atoms with van der Waals surface area (Å²) in [6, 6.07) is 0.0672. The summed E-state index contributed by atoms with van der Waals surface area (Å²) in [5.74, 6) is -11.0. The molecule has 5 nitrogen and oxygen atoms in total. The van der Waals surface area contributed by atoms with Crippen LogP contribution in [0.4, 0.5) is 22.0 Å². The third-order valence-corrected chi connectivity index (χ3v) is 2.43. The van der Waals surface area contributed by atoms with Gasteiger partial charge in [-0.15, -0.1) is 0 Å². The summed E-state index contributed by atoms with van der Waals surface area (Å²) in [5.41, 5.74) is -2.24. The van der Waals surface area contributed by atoms with Gasteiger partial charge in [0.2, 0.25) is 17.3 Å². The van der Waals surface area contributed by atoms with Gasteiger partial charge in [-0.1, -0.05) is 0 Å². The summed E-state index contributed by atoms with van der Waals surface area (Å²) in [4.78, 5) is 24.1. The minimum Gasteiger partial charge on any atom is -0.477 e. The number of rotatable bonds is 6. The summed E-state index contributed by atoms with van der Waals surface area (Å²) in [5, 5.41) is 8.93. The number of ketones is 1. The maximum atomic E-state index is 14.0. The van der Waals surface area contributed by atoms with Crippen molar-refractivity contribution in [2.45, 2.75) is 6.61 Å². The molecule has 0 amide bonds. The Hall–Kier alpha value is -2.65. The van der Waals surface area contributed by atoms with Gasteiger partial charge in [0.05, 0.1) is 5.56 Å². The number of carboxylic acids is 1. The van der Waals surface area contributed by atoms with E-state index in [9.17, 15) is 31.5 Å². The van der Waals surface area contributed by atoms with E-state index < -0.39 is 52.7 Å². The molecule has 0 aromatic heterocycles. The molecule has 1 rings (SSSR count). The fourth-order valence-corrected chi connectivity index (χ4v) is 1.55. The zero-order valence-corrected chi connectivity index (χ0v) is 11.7. The number of benzene rings is 1. The van der Waals surface area contributed by atoms with Gasteiger partial charge in [0.15, 0.2) is 11.6 Å². The predicted molar refractivity (Wildman–Crippen MR) is 66.7 cm³/mol. The average molecular weight is 339 g/mol. The fourth-order valence-electron chi connectivity index (χ4n) is 1.55. The maximum Gasteiger partial charge on any atom is 0.387 e. The zero-order chi connectivity index (χ0) is 17.9. The number of Topliss-reactive ketones (excluding diaryl/α,β-unsaturated/α-hetero) is 1. The van der Waals surface area contributed by atoms with Crippen LogP contribution in [-0.2, 0) is 4.79 Å². The number of ether oxygens (including phenoxy) is 1. The molecule has 0 atom stereocenters. The van der Waals surface area contributed by atoms with E-state index in [-0.39, 0.29) is 6.07 Å². The Bertz CT molecular complexity index is 673. The van der Waals surface area contributed by atoms with Gasteiger partial charge in [-0.3, -0.25) is 4.79 Å². The van der Waals surface area contributed by atoms with Gasteiger partial charge in [0.1, 0.15) is 5.57 Å². The molecule has 1 aromatic rings. The fraction of sp³-hybridized carbons (Fsp3) is 0.231. The molecule has 0 bridgehead atoms. The highest BCUT2D eigenvalue weighted by atomic mass is 19.3. The van der Waals surface area contributed by atoms with Crippen LogP contribution in [0.5, 0.6) is 5.75 Å². The smallest absolute Gasteiger partial charge is 0.387 e. The van der Waals surface area contributed by atoms with Gasteiger partial charge in [0, 0.05) is 20.3 Å². The van der Waals surface area contributed by atoms with Crippen LogP contribution in [0.2, 0.25) is 0 Å². The Morgan fingerprint density at radius 3 is 2.22 bits per heavy atom. The summed E-state index contributed by atoms with van der Waals surface area (Å²) in [6.07, 6.45) is 0.791. The van der Waals surface area contributed by atoms with Gasteiger partial charge < -0.3 is 14.7 Å². The maximum absolute atomic E-state index is 14.0. The molecule has 0 aliphatic heterocycles. The number of alkyl halides is 2. The molecule has 0 heterocycles. The van der Waals surface area contributed by atoms with E-state index in [1.54, 1.807) is 0 Å². The van der Waals surface area contributed by atoms with E-state index in [2.05, 4.69) is 4.74 Å². The number of nitrogens with zero attached hydrogens (tertiary/aromatic N) is 1. The molecule has 0 saturated carbocycles. The molecule has 0 saturated heterocycles. The van der Waals surface area contributed by atoms with Crippen molar-refractivity contribution in [1.29, 1.82) is 0 Å². The molecule has 10 heteroatoms. The second-order valence-electron chi connectivity index (χ2n) is 4.38. The highest BCUT2D eigenvalue weighted by Gasteiger charge is 2.29. The van der Waals surface area contributed by atoms with Crippen molar-refractivity contribution in [2.24, 2.45) is 0 Å². The SMILES string of the molecule is CN(C)C=C(C(=O)O)C(=O)c1cc(F)c(F)c(OC(F)F)c1F. The van der Waals surface area contributed by atoms with Crippen LogP contribution in [0.3, 0.4) is 0 Å². The topological polar surface area (TPSA) is 66.8 Å². The molecule has 0 radical (unpaired) electrons. The van der Waals surface area contributed by atoms with Gasteiger partial charge >= 0.3 is 12.6 Å². The number of hydrogen-bond acceptors (Lipinski definition) is 4. The van der Waals surface area contributed by atoms with E-state index in [1.807, 2.05) is 0 Å². The minimum atomic E-state index is -3.68. The van der Waals surface area contributed by atoms with E-state index in [0.717, 1.165) is 11.1 Å². The molecular formula is C13H10F5NO4. The van der Waals surface area contributed by atoms with Gasteiger partial charge in [0.25, 0.3) is 0 Å². The van der Waals surface area contributed by atoms with Crippen LogP contribution in [-0.4, -0.2) is 42.5 Å².